The first-order chi connectivity index (χ1) is 7.92. The molecule has 1 saturated carbocycles. The molecule has 4 heteroatoms. The third-order valence-corrected chi connectivity index (χ3v) is 3.02. The first-order valence-corrected chi connectivity index (χ1v) is 5.81. The smallest absolute Gasteiger partial charge is 0.0949 e. The van der Waals surface area contributed by atoms with Gasteiger partial charge in [0.05, 0.1) is 31.7 Å². The highest BCUT2D eigenvalue weighted by molar-refractivity contribution is 4.92. The SMILES string of the molecule is COCCO[C@@H]1CC[CH]CC1n1ccnc1. The van der Waals surface area contributed by atoms with Crippen molar-refractivity contribution in [1.82, 2.24) is 9.55 Å². The highest BCUT2D eigenvalue weighted by Gasteiger charge is 2.26. The molecule has 1 aromatic heterocycles. The normalized spacial score (nSPS) is 25.8. The third-order valence-electron chi connectivity index (χ3n) is 3.02. The zero-order valence-corrected chi connectivity index (χ0v) is 9.71. The number of nitrogens with zero attached hydrogens (tertiary/aromatic N) is 2. The maximum atomic E-state index is 5.87. The molecular weight excluding hydrogens is 204 g/mol. The number of ether oxygens (including phenoxy) is 2. The van der Waals surface area contributed by atoms with Crippen LogP contribution in [-0.2, 0) is 9.47 Å². The fraction of sp³-hybridized carbons (Fsp3) is 0.667. The van der Waals surface area contributed by atoms with E-state index in [1.807, 2.05) is 18.7 Å². The van der Waals surface area contributed by atoms with Gasteiger partial charge in [-0.05, 0) is 25.7 Å². The van der Waals surface area contributed by atoms with Crippen LogP contribution in [0.3, 0.4) is 0 Å². The standard InChI is InChI=1S/C12H19N2O2/c1-15-8-9-16-12-5-3-2-4-11(12)14-7-6-13-10-14/h2,6-7,10-12H,3-5,8-9H2,1H3/t11?,12-/m1/s1. The van der Waals surface area contributed by atoms with Gasteiger partial charge in [0.25, 0.3) is 0 Å². The lowest BCUT2D eigenvalue weighted by atomic mass is 9.92. The number of hydrogen-bond donors (Lipinski definition) is 0. The van der Waals surface area contributed by atoms with Crippen LogP contribution in [0.4, 0.5) is 0 Å². The molecule has 0 saturated heterocycles. The summed E-state index contributed by atoms with van der Waals surface area (Å²) in [4.78, 5) is 4.10. The Hall–Kier alpha value is -0.870. The molecule has 1 unspecified atom stereocenters. The van der Waals surface area contributed by atoms with E-state index in [2.05, 4.69) is 16.0 Å². The third kappa shape index (κ3) is 2.83. The summed E-state index contributed by atoms with van der Waals surface area (Å²) in [5.74, 6) is 0. The topological polar surface area (TPSA) is 36.3 Å². The fourth-order valence-corrected chi connectivity index (χ4v) is 2.17. The molecule has 1 fully saturated rings. The van der Waals surface area contributed by atoms with Crippen LogP contribution in [0.5, 0.6) is 0 Å². The van der Waals surface area contributed by atoms with Crippen molar-refractivity contribution < 1.29 is 9.47 Å². The lowest BCUT2D eigenvalue weighted by Crippen LogP contribution is -2.30. The zero-order valence-electron chi connectivity index (χ0n) is 9.71. The maximum absolute atomic E-state index is 5.87. The predicted octanol–water partition coefficient (Wildman–Crippen LogP) is 1.84. The van der Waals surface area contributed by atoms with Gasteiger partial charge < -0.3 is 14.0 Å². The average Bonchev–Trinajstić information content (AvgIpc) is 2.83. The molecule has 0 aromatic carbocycles. The second-order valence-corrected chi connectivity index (χ2v) is 4.08. The molecule has 1 heterocycles. The van der Waals surface area contributed by atoms with E-state index in [1.165, 1.54) is 0 Å². The van der Waals surface area contributed by atoms with Gasteiger partial charge >= 0.3 is 0 Å². The van der Waals surface area contributed by atoms with Crippen LogP contribution in [0, 0.1) is 6.42 Å². The minimum absolute atomic E-state index is 0.286. The minimum atomic E-state index is 0.286. The molecule has 0 amide bonds. The first kappa shape index (κ1) is 11.6. The summed E-state index contributed by atoms with van der Waals surface area (Å²) in [5, 5.41) is 0. The van der Waals surface area contributed by atoms with Crippen molar-refractivity contribution in [3.05, 3.63) is 25.1 Å². The molecule has 1 radical (unpaired) electrons. The Morgan fingerprint density at radius 2 is 2.38 bits per heavy atom. The van der Waals surface area contributed by atoms with Gasteiger partial charge in [-0.3, -0.25) is 0 Å². The summed E-state index contributed by atoms with van der Waals surface area (Å²) in [6, 6.07) is 0.396. The summed E-state index contributed by atoms with van der Waals surface area (Å²) in [7, 11) is 1.70. The Kier molecular flexibility index (Phi) is 4.36. The first-order valence-electron chi connectivity index (χ1n) is 5.81. The highest BCUT2D eigenvalue weighted by Crippen LogP contribution is 2.29. The number of hydrogen-bond acceptors (Lipinski definition) is 3. The van der Waals surface area contributed by atoms with Gasteiger partial charge in [-0.15, -0.1) is 0 Å². The van der Waals surface area contributed by atoms with Crippen molar-refractivity contribution in [1.29, 1.82) is 0 Å². The van der Waals surface area contributed by atoms with Gasteiger partial charge in [0.15, 0.2) is 0 Å². The Morgan fingerprint density at radius 1 is 1.44 bits per heavy atom. The van der Waals surface area contributed by atoms with Gasteiger partial charge in [-0.1, -0.05) is 0 Å². The zero-order chi connectivity index (χ0) is 11.2. The second kappa shape index (κ2) is 6.01. The quantitative estimate of drug-likeness (QED) is 0.715. The average molecular weight is 223 g/mol. The number of methoxy groups -OCH3 is 1. The lowest BCUT2D eigenvalue weighted by molar-refractivity contribution is -0.0207. The van der Waals surface area contributed by atoms with Crippen LogP contribution in [-0.4, -0.2) is 36.0 Å². The molecule has 89 valence electrons. The maximum Gasteiger partial charge on any atom is 0.0949 e. The van der Waals surface area contributed by atoms with Crippen molar-refractivity contribution in [2.24, 2.45) is 0 Å². The van der Waals surface area contributed by atoms with Crippen LogP contribution < -0.4 is 0 Å². The molecule has 2 rings (SSSR count). The molecule has 0 bridgehead atoms. The van der Waals surface area contributed by atoms with Crippen molar-refractivity contribution in [2.75, 3.05) is 20.3 Å². The summed E-state index contributed by atoms with van der Waals surface area (Å²) in [6.45, 7) is 1.34. The minimum Gasteiger partial charge on any atom is -0.382 e. The Labute approximate surface area is 96.6 Å². The Balaban J connectivity index is 1.92. The van der Waals surface area contributed by atoms with E-state index in [0.717, 1.165) is 19.3 Å². The van der Waals surface area contributed by atoms with Gasteiger partial charge in [-0.2, -0.15) is 0 Å². The molecule has 1 aliphatic carbocycles. The molecule has 1 aliphatic rings. The monoisotopic (exact) mass is 223 g/mol. The second-order valence-electron chi connectivity index (χ2n) is 4.08. The van der Waals surface area contributed by atoms with E-state index in [0.29, 0.717) is 19.3 Å². The number of imidazole rings is 1. The number of aromatic nitrogens is 2. The molecule has 1 aromatic rings. The molecular formula is C12H19N2O2. The van der Waals surface area contributed by atoms with Crippen molar-refractivity contribution >= 4 is 0 Å². The van der Waals surface area contributed by atoms with E-state index in [-0.39, 0.29) is 6.10 Å². The van der Waals surface area contributed by atoms with Crippen molar-refractivity contribution in [2.45, 2.75) is 31.4 Å². The fourth-order valence-electron chi connectivity index (χ4n) is 2.17. The van der Waals surface area contributed by atoms with E-state index < -0.39 is 0 Å². The van der Waals surface area contributed by atoms with Gasteiger partial charge in [0, 0.05) is 19.5 Å². The van der Waals surface area contributed by atoms with E-state index >= 15 is 0 Å². The van der Waals surface area contributed by atoms with E-state index in [1.54, 1.807) is 7.11 Å². The van der Waals surface area contributed by atoms with Crippen molar-refractivity contribution in [3.63, 3.8) is 0 Å². The Bertz CT molecular complexity index is 287. The molecule has 0 N–H and O–H groups in total. The van der Waals surface area contributed by atoms with E-state index in [9.17, 15) is 0 Å². The van der Waals surface area contributed by atoms with Gasteiger partial charge in [0.1, 0.15) is 0 Å². The summed E-state index contributed by atoms with van der Waals surface area (Å²) >= 11 is 0. The van der Waals surface area contributed by atoms with E-state index in [4.69, 9.17) is 9.47 Å². The van der Waals surface area contributed by atoms with Crippen LogP contribution >= 0.6 is 0 Å². The van der Waals surface area contributed by atoms with Gasteiger partial charge in [0.2, 0.25) is 0 Å². The molecule has 0 aliphatic heterocycles. The molecule has 2 atom stereocenters. The largest absolute Gasteiger partial charge is 0.382 e. The van der Waals surface area contributed by atoms with Crippen LogP contribution in [0.25, 0.3) is 0 Å². The van der Waals surface area contributed by atoms with Crippen molar-refractivity contribution in [3.8, 4) is 0 Å². The predicted molar refractivity (Wildman–Crippen MR) is 61.0 cm³/mol. The Morgan fingerprint density at radius 3 is 3.12 bits per heavy atom. The molecule has 4 nitrogen and oxygen atoms in total. The van der Waals surface area contributed by atoms with Crippen LogP contribution in [0.2, 0.25) is 0 Å². The molecule has 0 spiro atoms. The summed E-state index contributed by atoms with van der Waals surface area (Å²) in [6.07, 6.45) is 11.6. The highest BCUT2D eigenvalue weighted by atomic mass is 16.5. The number of rotatable bonds is 5. The van der Waals surface area contributed by atoms with Gasteiger partial charge in [-0.25, -0.2) is 4.98 Å². The summed E-state index contributed by atoms with van der Waals surface area (Å²) in [5.41, 5.74) is 0. The summed E-state index contributed by atoms with van der Waals surface area (Å²) < 4.78 is 13.0. The lowest BCUT2D eigenvalue weighted by Gasteiger charge is -2.32. The molecule has 16 heavy (non-hydrogen) atoms. The van der Waals surface area contributed by atoms with Crippen LogP contribution in [0.1, 0.15) is 25.3 Å². The van der Waals surface area contributed by atoms with Crippen LogP contribution in [0.15, 0.2) is 18.7 Å².